The van der Waals surface area contributed by atoms with E-state index in [0.717, 1.165) is 17.0 Å². The van der Waals surface area contributed by atoms with Crippen molar-refractivity contribution in [2.45, 2.75) is 36.3 Å². The second kappa shape index (κ2) is 7.09. The zero-order valence-electron chi connectivity index (χ0n) is 15.3. The zero-order chi connectivity index (χ0) is 22.7. The Hall–Kier alpha value is -2.87. The SMILES string of the molecule is Nc1ncnc2c1ccn2[C@@H]1OC([C@H](O)c2ccc(F)c(F)c2)[C@](O)(C(F)(F)F)[C@H]1O. The van der Waals surface area contributed by atoms with Gasteiger partial charge in [-0.3, -0.25) is 0 Å². The molecule has 2 aromatic heterocycles. The zero-order valence-corrected chi connectivity index (χ0v) is 15.3. The first-order valence-corrected chi connectivity index (χ1v) is 8.79. The summed E-state index contributed by atoms with van der Waals surface area (Å²) < 4.78 is 74.6. The van der Waals surface area contributed by atoms with Crippen LogP contribution in [-0.2, 0) is 4.74 Å². The van der Waals surface area contributed by atoms with Crippen molar-refractivity contribution in [1.82, 2.24) is 14.5 Å². The first kappa shape index (κ1) is 21.4. The number of anilines is 1. The van der Waals surface area contributed by atoms with Gasteiger partial charge in [0.25, 0.3) is 0 Å². The van der Waals surface area contributed by atoms with E-state index in [9.17, 15) is 37.3 Å². The van der Waals surface area contributed by atoms with E-state index >= 15 is 0 Å². The van der Waals surface area contributed by atoms with Crippen molar-refractivity contribution in [3.8, 4) is 0 Å². The van der Waals surface area contributed by atoms with Crippen LogP contribution in [-0.4, -0.2) is 53.8 Å². The van der Waals surface area contributed by atoms with Crippen molar-refractivity contribution in [2.24, 2.45) is 0 Å². The van der Waals surface area contributed by atoms with Crippen molar-refractivity contribution in [2.75, 3.05) is 5.73 Å². The maximum absolute atomic E-state index is 13.9. The number of fused-ring (bicyclic) bond motifs is 1. The smallest absolute Gasteiger partial charge is 0.386 e. The van der Waals surface area contributed by atoms with E-state index < -0.39 is 53.5 Å². The van der Waals surface area contributed by atoms with E-state index in [4.69, 9.17) is 10.5 Å². The molecule has 1 aliphatic rings. The third-order valence-corrected chi connectivity index (χ3v) is 5.28. The number of nitrogens with zero attached hydrogens (tertiary/aromatic N) is 3. The van der Waals surface area contributed by atoms with E-state index in [-0.39, 0.29) is 16.9 Å². The number of hydrogen-bond acceptors (Lipinski definition) is 7. The van der Waals surface area contributed by atoms with Crippen LogP contribution in [0.4, 0.5) is 27.8 Å². The lowest BCUT2D eigenvalue weighted by atomic mass is 9.86. The van der Waals surface area contributed by atoms with E-state index in [0.29, 0.717) is 12.1 Å². The number of aliphatic hydroxyl groups is 3. The van der Waals surface area contributed by atoms with E-state index in [1.165, 1.54) is 12.3 Å². The van der Waals surface area contributed by atoms with Crippen molar-refractivity contribution < 1.29 is 42.0 Å². The molecule has 0 radical (unpaired) electrons. The van der Waals surface area contributed by atoms with Crippen LogP contribution < -0.4 is 5.73 Å². The lowest BCUT2D eigenvalue weighted by Crippen LogP contribution is -2.60. The van der Waals surface area contributed by atoms with Gasteiger partial charge in [0.15, 0.2) is 17.9 Å². The Morgan fingerprint density at radius 1 is 1.16 bits per heavy atom. The van der Waals surface area contributed by atoms with Gasteiger partial charge >= 0.3 is 6.18 Å². The number of aliphatic hydroxyl groups excluding tert-OH is 2. The van der Waals surface area contributed by atoms with Crippen molar-refractivity contribution in [3.05, 3.63) is 54.0 Å². The Kier molecular flexibility index (Phi) is 4.88. The Morgan fingerprint density at radius 2 is 1.87 bits per heavy atom. The molecule has 0 amide bonds. The van der Waals surface area contributed by atoms with Gasteiger partial charge in [0.1, 0.15) is 36.1 Å². The van der Waals surface area contributed by atoms with Crippen LogP contribution in [0.2, 0.25) is 0 Å². The maximum atomic E-state index is 13.9. The molecule has 5 N–H and O–H groups in total. The topological polar surface area (TPSA) is 127 Å². The Balaban J connectivity index is 1.81. The molecule has 1 unspecified atom stereocenters. The summed E-state index contributed by atoms with van der Waals surface area (Å²) in [6.45, 7) is 0. The summed E-state index contributed by atoms with van der Waals surface area (Å²) >= 11 is 0. The van der Waals surface area contributed by atoms with Gasteiger partial charge in [-0.2, -0.15) is 13.2 Å². The highest BCUT2D eigenvalue weighted by Crippen LogP contribution is 2.51. The highest BCUT2D eigenvalue weighted by molar-refractivity contribution is 5.86. The molecule has 0 spiro atoms. The van der Waals surface area contributed by atoms with Crippen LogP contribution >= 0.6 is 0 Å². The highest BCUT2D eigenvalue weighted by atomic mass is 19.4. The molecule has 166 valence electrons. The lowest BCUT2D eigenvalue weighted by Gasteiger charge is -2.34. The molecule has 3 aromatic rings. The number of nitrogen functional groups attached to an aromatic ring is 1. The normalized spacial score (nSPS) is 27.7. The summed E-state index contributed by atoms with van der Waals surface area (Å²) in [5, 5.41) is 31.7. The number of alkyl halides is 3. The molecule has 3 heterocycles. The number of halogens is 5. The fourth-order valence-electron chi connectivity index (χ4n) is 3.64. The molecule has 31 heavy (non-hydrogen) atoms. The molecule has 5 atom stereocenters. The fourth-order valence-corrected chi connectivity index (χ4v) is 3.64. The molecule has 1 aromatic carbocycles. The fraction of sp³-hybridized carbons (Fsp3) is 0.333. The second-order valence-electron chi connectivity index (χ2n) is 7.05. The van der Waals surface area contributed by atoms with Crippen molar-refractivity contribution in [3.63, 3.8) is 0 Å². The summed E-state index contributed by atoms with van der Waals surface area (Å²) in [5.74, 6) is -2.70. The number of nitrogens with two attached hydrogens (primary N) is 1. The Bertz CT molecular complexity index is 1140. The van der Waals surface area contributed by atoms with Crippen molar-refractivity contribution in [1.29, 1.82) is 0 Å². The quantitative estimate of drug-likeness (QED) is 0.450. The van der Waals surface area contributed by atoms with Crippen LogP contribution in [0.5, 0.6) is 0 Å². The van der Waals surface area contributed by atoms with Crippen molar-refractivity contribution >= 4 is 16.9 Å². The number of ether oxygens (including phenoxy) is 1. The van der Waals surface area contributed by atoms with Crippen LogP contribution in [0.15, 0.2) is 36.8 Å². The summed E-state index contributed by atoms with van der Waals surface area (Å²) in [6, 6.07) is 3.27. The lowest BCUT2D eigenvalue weighted by molar-refractivity contribution is -0.302. The standard InChI is InChI=1S/C18H15F5N4O4/c19-9-2-1-7(5-10(9)20)11(28)13-17(30,18(21,22)23)12(29)16(31-13)27-4-3-8-14(24)25-6-26-15(8)27/h1-6,11-13,16,28-30H,(H2,24,25,26)/t11-,12+,13?,16-,17+/m1/s1. The molecule has 4 rings (SSSR count). The molecule has 1 fully saturated rings. The molecule has 1 aliphatic heterocycles. The largest absolute Gasteiger partial charge is 0.422 e. The predicted octanol–water partition coefficient (Wildman–Crippen LogP) is 1.58. The van der Waals surface area contributed by atoms with Crippen LogP contribution in [0.1, 0.15) is 17.9 Å². The molecule has 8 nitrogen and oxygen atoms in total. The molecule has 0 aliphatic carbocycles. The maximum Gasteiger partial charge on any atom is 0.422 e. The van der Waals surface area contributed by atoms with Crippen LogP contribution in [0.25, 0.3) is 11.0 Å². The number of rotatable bonds is 3. The molecule has 0 bridgehead atoms. The monoisotopic (exact) mass is 446 g/mol. The predicted molar refractivity (Wildman–Crippen MR) is 94.2 cm³/mol. The molecular weight excluding hydrogens is 431 g/mol. The third kappa shape index (κ3) is 3.12. The summed E-state index contributed by atoms with van der Waals surface area (Å²) in [5.41, 5.74) is 1.25. The third-order valence-electron chi connectivity index (χ3n) is 5.28. The molecule has 13 heteroatoms. The van der Waals surface area contributed by atoms with Gasteiger partial charge in [-0.05, 0) is 23.8 Å². The summed E-state index contributed by atoms with van der Waals surface area (Å²) in [6.07, 6.45) is -12.5. The van der Waals surface area contributed by atoms with Crippen LogP contribution in [0, 0.1) is 11.6 Å². The first-order chi connectivity index (χ1) is 14.5. The van der Waals surface area contributed by atoms with Gasteiger partial charge < -0.3 is 30.4 Å². The van der Waals surface area contributed by atoms with Gasteiger partial charge in [0.05, 0.1) is 5.39 Å². The minimum absolute atomic E-state index is 0.00374. The minimum atomic E-state index is -5.47. The van der Waals surface area contributed by atoms with Gasteiger partial charge in [-0.1, -0.05) is 6.07 Å². The van der Waals surface area contributed by atoms with Gasteiger partial charge in [-0.25, -0.2) is 18.7 Å². The van der Waals surface area contributed by atoms with Gasteiger partial charge in [-0.15, -0.1) is 0 Å². The van der Waals surface area contributed by atoms with Gasteiger partial charge in [0.2, 0.25) is 5.60 Å². The average molecular weight is 446 g/mol. The number of benzene rings is 1. The minimum Gasteiger partial charge on any atom is -0.386 e. The summed E-state index contributed by atoms with van der Waals surface area (Å²) in [7, 11) is 0. The molecule has 1 saturated heterocycles. The summed E-state index contributed by atoms with van der Waals surface area (Å²) in [4.78, 5) is 7.65. The van der Waals surface area contributed by atoms with Crippen LogP contribution in [0.3, 0.4) is 0 Å². The number of hydrogen-bond donors (Lipinski definition) is 4. The second-order valence-corrected chi connectivity index (χ2v) is 7.05. The molecular formula is C18H15F5N4O4. The molecule has 0 saturated carbocycles. The van der Waals surface area contributed by atoms with Gasteiger partial charge in [0, 0.05) is 6.20 Å². The van der Waals surface area contributed by atoms with E-state index in [2.05, 4.69) is 9.97 Å². The van der Waals surface area contributed by atoms with E-state index in [1.54, 1.807) is 0 Å². The Labute approximate surface area is 170 Å². The number of aromatic nitrogens is 3. The highest BCUT2D eigenvalue weighted by Gasteiger charge is 2.72. The Morgan fingerprint density at radius 3 is 2.52 bits per heavy atom. The van der Waals surface area contributed by atoms with E-state index in [1.807, 2.05) is 0 Å². The first-order valence-electron chi connectivity index (χ1n) is 8.79. The average Bonchev–Trinajstić information content (AvgIpc) is 3.24.